The molecule has 0 bridgehead atoms. The Balaban J connectivity index is 1.86. The Morgan fingerprint density at radius 3 is 2.69 bits per heavy atom. The van der Waals surface area contributed by atoms with Crippen LogP contribution < -0.4 is 10.2 Å². The van der Waals surface area contributed by atoms with Crippen molar-refractivity contribution >= 4 is 46.3 Å². The molecule has 1 heterocycles. The maximum Gasteiger partial charge on any atom is 0.258 e. The molecule has 2 aromatic carbocycles. The molecule has 0 radical (unpaired) electrons. The standard InChI is InChI=1S/C18H13Cl2FN4O/c1-25(15-8-3-2-7-13(15)19)17(26)11-5-4-6-12(9-11)23-16-14(21)10-22-18(20)24-16/h2-10H,1H3,(H,22,23,24). The summed E-state index contributed by atoms with van der Waals surface area (Å²) in [4.78, 5) is 21.5. The van der Waals surface area contributed by atoms with E-state index in [1.54, 1.807) is 55.6 Å². The summed E-state index contributed by atoms with van der Waals surface area (Å²) < 4.78 is 13.8. The van der Waals surface area contributed by atoms with Crippen molar-refractivity contribution in [3.05, 3.63) is 76.4 Å². The van der Waals surface area contributed by atoms with Gasteiger partial charge in [-0.15, -0.1) is 0 Å². The van der Waals surface area contributed by atoms with Crippen LogP contribution in [-0.4, -0.2) is 22.9 Å². The van der Waals surface area contributed by atoms with E-state index < -0.39 is 5.82 Å². The molecule has 3 rings (SSSR count). The largest absolute Gasteiger partial charge is 0.338 e. The molecule has 1 N–H and O–H groups in total. The molecule has 8 heteroatoms. The highest BCUT2D eigenvalue weighted by Gasteiger charge is 2.16. The first kappa shape index (κ1) is 18.1. The molecular formula is C18H13Cl2FN4O. The summed E-state index contributed by atoms with van der Waals surface area (Å²) in [5, 5.41) is 3.18. The number of carbonyl (C=O) groups is 1. The Morgan fingerprint density at radius 1 is 1.15 bits per heavy atom. The number of rotatable bonds is 4. The predicted molar refractivity (Wildman–Crippen MR) is 101 cm³/mol. The lowest BCUT2D eigenvalue weighted by molar-refractivity contribution is 0.0993. The maximum absolute atomic E-state index is 13.8. The molecule has 26 heavy (non-hydrogen) atoms. The number of benzene rings is 2. The van der Waals surface area contributed by atoms with Crippen LogP contribution in [0, 0.1) is 5.82 Å². The highest BCUT2D eigenvalue weighted by molar-refractivity contribution is 6.34. The van der Waals surface area contributed by atoms with Crippen LogP contribution in [0.25, 0.3) is 0 Å². The number of carbonyl (C=O) groups excluding carboxylic acids is 1. The molecule has 0 aliphatic rings. The Labute approximate surface area is 159 Å². The van der Waals surface area contributed by atoms with Crippen LogP contribution in [0.3, 0.4) is 0 Å². The number of halogens is 3. The van der Waals surface area contributed by atoms with Gasteiger partial charge in [-0.2, -0.15) is 4.98 Å². The van der Waals surface area contributed by atoms with E-state index in [-0.39, 0.29) is 17.0 Å². The molecule has 1 aromatic heterocycles. The molecule has 0 spiro atoms. The molecule has 5 nitrogen and oxygen atoms in total. The van der Waals surface area contributed by atoms with Crippen LogP contribution >= 0.6 is 23.2 Å². The molecular weight excluding hydrogens is 378 g/mol. The van der Waals surface area contributed by atoms with Crippen molar-refractivity contribution in [3.63, 3.8) is 0 Å². The predicted octanol–water partition coefficient (Wildman–Crippen LogP) is 4.94. The summed E-state index contributed by atoms with van der Waals surface area (Å²) in [6, 6.07) is 13.6. The van der Waals surface area contributed by atoms with Crippen molar-refractivity contribution in [1.29, 1.82) is 0 Å². The first-order chi connectivity index (χ1) is 12.5. The van der Waals surface area contributed by atoms with E-state index in [1.165, 1.54) is 4.90 Å². The third-order valence-corrected chi connectivity index (χ3v) is 4.11. The SMILES string of the molecule is CN(C(=O)c1cccc(Nc2nc(Cl)ncc2F)c1)c1ccccc1Cl. The lowest BCUT2D eigenvalue weighted by Crippen LogP contribution is -2.26. The van der Waals surface area contributed by atoms with Gasteiger partial charge in [-0.05, 0) is 41.9 Å². The summed E-state index contributed by atoms with van der Waals surface area (Å²) in [5.41, 5.74) is 1.47. The lowest BCUT2D eigenvalue weighted by atomic mass is 10.1. The second-order valence-corrected chi connectivity index (χ2v) is 6.10. The average Bonchev–Trinajstić information content (AvgIpc) is 2.64. The van der Waals surface area contributed by atoms with Gasteiger partial charge in [-0.25, -0.2) is 9.37 Å². The second kappa shape index (κ2) is 7.68. The number of hydrogen-bond acceptors (Lipinski definition) is 4. The first-order valence-electron chi connectivity index (χ1n) is 7.53. The van der Waals surface area contributed by atoms with Crippen molar-refractivity contribution in [2.75, 3.05) is 17.3 Å². The molecule has 0 fully saturated rings. The zero-order valence-electron chi connectivity index (χ0n) is 13.6. The van der Waals surface area contributed by atoms with Gasteiger partial charge in [0.1, 0.15) is 0 Å². The van der Waals surface area contributed by atoms with Gasteiger partial charge in [0.2, 0.25) is 5.28 Å². The molecule has 1 amide bonds. The number of nitrogens with zero attached hydrogens (tertiary/aromatic N) is 3. The zero-order chi connectivity index (χ0) is 18.7. The van der Waals surface area contributed by atoms with Crippen LogP contribution in [0.2, 0.25) is 10.3 Å². The normalized spacial score (nSPS) is 10.5. The van der Waals surface area contributed by atoms with E-state index in [4.69, 9.17) is 23.2 Å². The van der Waals surface area contributed by atoms with E-state index in [2.05, 4.69) is 15.3 Å². The molecule has 0 saturated carbocycles. The average molecular weight is 391 g/mol. The minimum absolute atomic E-state index is 0.0749. The molecule has 0 aliphatic carbocycles. The summed E-state index contributed by atoms with van der Waals surface area (Å²) in [7, 11) is 1.63. The monoisotopic (exact) mass is 390 g/mol. The minimum Gasteiger partial charge on any atom is -0.338 e. The minimum atomic E-state index is -0.653. The Kier molecular flexibility index (Phi) is 5.35. The van der Waals surface area contributed by atoms with E-state index in [1.807, 2.05) is 0 Å². The van der Waals surface area contributed by atoms with Gasteiger partial charge in [-0.1, -0.05) is 29.8 Å². The van der Waals surface area contributed by atoms with E-state index in [0.717, 1.165) is 6.20 Å². The van der Waals surface area contributed by atoms with Gasteiger partial charge in [0.25, 0.3) is 5.91 Å². The third kappa shape index (κ3) is 3.92. The maximum atomic E-state index is 13.8. The van der Waals surface area contributed by atoms with E-state index >= 15 is 0 Å². The van der Waals surface area contributed by atoms with Gasteiger partial charge < -0.3 is 10.2 Å². The summed E-state index contributed by atoms with van der Waals surface area (Å²) in [6.45, 7) is 0. The number of para-hydroxylation sites is 1. The van der Waals surface area contributed by atoms with Crippen LogP contribution in [0.1, 0.15) is 10.4 Å². The quantitative estimate of drug-likeness (QED) is 0.640. The van der Waals surface area contributed by atoms with Crippen molar-refractivity contribution in [1.82, 2.24) is 9.97 Å². The summed E-state index contributed by atoms with van der Waals surface area (Å²) >= 11 is 11.8. The first-order valence-corrected chi connectivity index (χ1v) is 8.29. The third-order valence-electron chi connectivity index (χ3n) is 3.61. The van der Waals surface area contributed by atoms with Gasteiger partial charge in [0.05, 0.1) is 16.9 Å². The molecule has 0 aliphatic heterocycles. The van der Waals surface area contributed by atoms with Gasteiger partial charge in [0, 0.05) is 18.3 Å². The fraction of sp³-hybridized carbons (Fsp3) is 0.0556. The fourth-order valence-electron chi connectivity index (χ4n) is 2.33. The number of amides is 1. The Morgan fingerprint density at radius 2 is 1.92 bits per heavy atom. The number of anilines is 3. The van der Waals surface area contributed by atoms with Crippen LogP contribution in [0.4, 0.5) is 21.6 Å². The van der Waals surface area contributed by atoms with Crippen LogP contribution in [0.15, 0.2) is 54.7 Å². The summed E-state index contributed by atoms with van der Waals surface area (Å²) in [5.74, 6) is -0.990. The Hall–Kier alpha value is -2.70. The molecule has 132 valence electrons. The van der Waals surface area contributed by atoms with Crippen LogP contribution in [-0.2, 0) is 0 Å². The van der Waals surface area contributed by atoms with Gasteiger partial charge in [0.15, 0.2) is 11.6 Å². The van der Waals surface area contributed by atoms with Crippen molar-refractivity contribution in [2.45, 2.75) is 0 Å². The topological polar surface area (TPSA) is 58.1 Å². The fourth-order valence-corrected chi connectivity index (χ4v) is 2.72. The van der Waals surface area contributed by atoms with Crippen molar-refractivity contribution in [2.24, 2.45) is 0 Å². The van der Waals surface area contributed by atoms with E-state index in [0.29, 0.717) is 22.0 Å². The van der Waals surface area contributed by atoms with E-state index in [9.17, 15) is 9.18 Å². The number of hydrogen-bond donors (Lipinski definition) is 1. The van der Waals surface area contributed by atoms with Crippen molar-refractivity contribution < 1.29 is 9.18 Å². The van der Waals surface area contributed by atoms with Gasteiger partial charge >= 0.3 is 0 Å². The lowest BCUT2D eigenvalue weighted by Gasteiger charge is -2.19. The summed E-state index contributed by atoms with van der Waals surface area (Å²) in [6.07, 6.45) is 0.970. The molecule has 3 aromatic rings. The highest BCUT2D eigenvalue weighted by Crippen LogP contribution is 2.26. The van der Waals surface area contributed by atoms with Crippen LogP contribution in [0.5, 0.6) is 0 Å². The van der Waals surface area contributed by atoms with Gasteiger partial charge in [-0.3, -0.25) is 4.79 Å². The Bertz CT molecular complexity index is 967. The number of aromatic nitrogens is 2. The smallest absolute Gasteiger partial charge is 0.258 e. The molecule has 0 unspecified atom stereocenters. The van der Waals surface area contributed by atoms with Crippen molar-refractivity contribution in [3.8, 4) is 0 Å². The zero-order valence-corrected chi connectivity index (χ0v) is 15.1. The molecule has 0 atom stereocenters. The highest BCUT2D eigenvalue weighted by atomic mass is 35.5. The number of nitrogens with one attached hydrogen (secondary N) is 1. The molecule has 0 saturated heterocycles. The second-order valence-electron chi connectivity index (χ2n) is 5.36.